The van der Waals surface area contributed by atoms with Gasteiger partial charge in [-0.25, -0.2) is 14.4 Å². The van der Waals surface area contributed by atoms with Gasteiger partial charge in [0.15, 0.2) is 6.23 Å². The number of fused-ring (bicyclic) bond motifs is 1. The van der Waals surface area contributed by atoms with Crippen LogP contribution in [0.5, 0.6) is 5.88 Å². The molecule has 7 nitrogen and oxygen atoms in total. The Morgan fingerprint density at radius 2 is 2.40 bits per heavy atom. The van der Waals surface area contributed by atoms with Crippen molar-refractivity contribution < 1.29 is 24.1 Å². The van der Waals surface area contributed by atoms with Gasteiger partial charge in [-0.05, 0) is 6.07 Å². The van der Waals surface area contributed by atoms with E-state index in [1.165, 1.54) is 18.0 Å². The number of aliphatic hydroxyl groups excluding tert-OH is 2. The van der Waals surface area contributed by atoms with Crippen LogP contribution in [-0.2, 0) is 4.74 Å². The van der Waals surface area contributed by atoms with E-state index in [4.69, 9.17) is 14.6 Å². The van der Waals surface area contributed by atoms with Crippen LogP contribution in [0.3, 0.4) is 0 Å². The number of rotatable bonds is 3. The van der Waals surface area contributed by atoms with Gasteiger partial charge >= 0.3 is 0 Å². The van der Waals surface area contributed by atoms with Crippen molar-refractivity contribution in [3.63, 3.8) is 0 Å². The predicted octanol–water partition coefficient (Wildman–Crippen LogP) is 0.378. The van der Waals surface area contributed by atoms with Gasteiger partial charge < -0.3 is 24.3 Å². The zero-order valence-corrected chi connectivity index (χ0v) is 10.7. The lowest BCUT2D eigenvalue weighted by molar-refractivity contribution is -0.179. The van der Waals surface area contributed by atoms with E-state index in [-0.39, 0.29) is 6.42 Å². The number of methoxy groups -OCH3 is 1. The molecule has 2 aromatic rings. The molecule has 0 saturated carbocycles. The Balaban J connectivity index is 2.03. The van der Waals surface area contributed by atoms with Crippen LogP contribution in [0.25, 0.3) is 11.0 Å². The quantitative estimate of drug-likeness (QED) is 0.846. The summed E-state index contributed by atoms with van der Waals surface area (Å²) in [6.07, 6.45) is 0.593. The molecular formula is C12H14FN3O4. The average molecular weight is 283 g/mol. The van der Waals surface area contributed by atoms with Crippen molar-refractivity contribution in [3.05, 3.63) is 18.6 Å². The molecule has 8 heteroatoms. The highest BCUT2D eigenvalue weighted by Crippen LogP contribution is 2.39. The van der Waals surface area contributed by atoms with Gasteiger partial charge in [-0.1, -0.05) is 0 Å². The van der Waals surface area contributed by atoms with Crippen molar-refractivity contribution in [3.8, 4) is 5.88 Å². The number of hydrogen-bond donors (Lipinski definition) is 2. The maximum atomic E-state index is 14.0. The molecule has 0 radical (unpaired) electrons. The third-order valence-corrected chi connectivity index (χ3v) is 3.35. The average Bonchev–Trinajstić information content (AvgIpc) is 3.00. The largest absolute Gasteiger partial charge is 0.480 e. The Morgan fingerprint density at radius 3 is 3.05 bits per heavy atom. The molecule has 3 rings (SSSR count). The predicted molar refractivity (Wildman–Crippen MR) is 65.8 cm³/mol. The van der Waals surface area contributed by atoms with Gasteiger partial charge in [-0.2, -0.15) is 0 Å². The maximum Gasteiger partial charge on any atom is 0.237 e. The number of hydrogen-bond acceptors (Lipinski definition) is 6. The minimum absolute atomic E-state index is 0.296. The van der Waals surface area contributed by atoms with Crippen LogP contribution in [-0.4, -0.2) is 50.4 Å². The van der Waals surface area contributed by atoms with Crippen molar-refractivity contribution in [1.29, 1.82) is 0 Å². The minimum atomic E-state index is -2.24. The van der Waals surface area contributed by atoms with Gasteiger partial charge in [0.2, 0.25) is 11.7 Å². The molecule has 1 fully saturated rings. The fourth-order valence-electron chi connectivity index (χ4n) is 2.42. The van der Waals surface area contributed by atoms with Crippen molar-refractivity contribution in [2.75, 3.05) is 13.7 Å². The number of ether oxygens (including phenoxy) is 2. The van der Waals surface area contributed by atoms with Gasteiger partial charge in [0, 0.05) is 12.6 Å². The highest BCUT2D eigenvalue weighted by molar-refractivity contribution is 5.81. The maximum absolute atomic E-state index is 14.0. The molecule has 2 N–H and O–H groups in total. The van der Waals surface area contributed by atoms with E-state index in [2.05, 4.69) is 9.97 Å². The van der Waals surface area contributed by atoms with Crippen LogP contribution in [0, 0.1) is 0 Å². The second-order valence-electron chi connectivity index (χ2n) is 4.66. The highest BCUT2D eigenvalue weighted by Gasteiger charge is 2.47. The van der Waals surface area contributed by atoms with E-state index >= 15 is 0 Å². The molecule has 1 aliphatic heterocycles. The summed E-state index contributed by atoms with van der Waals surface area (Å²) in [6, 6.07) is 1.70. The summed E-state index contributed by atoms with van der Waals surface area (Å²) in [4.78, 5) is 8.06. The van der Waals surface area contributed by atoms with Crippen LogP contribution >= 0.6 is 0 Å². The van der Waals surface area contributed by atoms with Gasteiger partial charge in [-0.3, -0.25) is 0 Å². The number of aliphatic hydroxyl groups is 2. The topological polar surface area (TPSA) is 89.6 Å². The number of nitrogens with zero attached hydrogens (tertiary/aromatic N) is 3. The van der Waals surface area contributed by atoms with E-state index in [0.29, 0.717) is 16.9 Å². The Morgan fingerprint density at radius 1 is 1.60 bits per heavy atom. The van der Waals surface area contributed by atoms with Crippen LogP contribution in [0.2, 0.25) is 0 Å². The summed E-state index contributed by atoms with van der Waals surface area (Å²) in [6.45, 7) is -0.807. The van der Waals surface area contributed by atoms with E-state index in [9.17, 15) is 9.50 Å². The Labute approximate surface area is 113 Å². The number of aromatic nitrogens is 3. The second kappa shape index (κ2) is 4.65. The molecule has 1 saturated heterocycles. The summed E-state index contributed by atoms with van der Waals surface area (Å²) >= 11 is 0. The monoisotopic (exact) mass is 283 g/mol. The van der Waals surface area contributed by atoms with Gasteiger partial charge in [0.05, 0.1) is 12.5 Å². The summed E-state index contributed by atoms with van der Waals surface area (Å²) in [7, 11) is 1.48. The highest BCUT2D eigenvalue weighted by atomic mass is 19.2. The smallest absolute Gasteiger partial charge is 0.237 e. The van der Waals surface area contributed by atoms with Crippen molar-refractivity contribution in [2.24, 2.45) is 0 Å². The van der Waals surface area contributed by atoms with E-state index < -0.39 is 24.8 Å². The molecule has 0 amide bonds. The van der Waals surface area contributed by atoms with E-state index in [0.717, 1.165) is 0 Å². The van der Waals surface area contributed by atoms with Crippen molar-refractivity contribution in [2.45, 2.75) is 24.6 Å². The zero-order valence-electron chi connectivity index (χ0n) is 10.7. The van der Waals surface area contributed by atoms with E-state index in [1.54, 1.807) is 12.3 Å². The fourth-order valence-corrected chi connectivity index (χ4v) is 2.42. The van der Waals surface area contributed by atoms with Gasteiger partial charge in [0.25, 0.3) is 0 Å². The Hall–Kier alpha value is -1.77. The third kappa shape index (κ3) is 1.92. The molecule has 108 valence electrons. The van der Waals surface area contributed by atoms with Crippen molar-refractivity contribution >= 4 is 11.0 Å². The molecule has 3 heterocycles. The summed E-state index contributed by atoms with van der Waals surface area (Å²) in [5, 5.41) is 19.6. The fraction of sp³-hybridized carbons (Fsp3) is 0.500. The molecule has 0 spiro atoms. The third-order valence-electron chi connectivity index (χ3n) is 3.35. The molecule has 1 aliphatic rings. The first-order valence-corrected chi connectivity index (χ1v) is 6.09. The number of alkyl halides is 1. The van der Waals surface area contributed by atoms with Gasteiger partial charge in [-0.15, -0.1) is 0 Å². The Bertz CT molecular complexity index is 634. The molecule has 0 aromatic carbocycles. The standard InChI is InChI=1S/C12H14FN3O4/c1-19-10-7-2-3-16(9(7)14-6-15-10)11-8(18)4-12(13,5-17)20-11/h2-3,6,8,11,17-18H,4-5H2,1H3/t8-,11-,12+/m1/s1. The molecule has 0 bridgehead atoms. The molecule has 0 unspecified atom stereocenters. The van der Waals surface area contributed by atoms with Gasteiger partial charge in [0.1, 0.15) is 24.7 Å². The van der Waals surface area contributed by atoms with Crippen LogP contribution in [0.15, 0.2) is 18.6 Å². The lowest BCUT2D eigenvalue weighted by atomic mass is 10.2. The summed E-state index contributed by atoms with van der Waals surface area (Å²) < 4.78 is 25.7. The Kier molecular flexibility index (Phi) is 3.08. The SMILES string of the molecule is COc1ncnc2c1ccn2[C@@H]1O[C@](F)(CO)C[C@H]1O. The molecule has 2 aromatic heterocycles. The summed E-state index contributed by atoms with van der Waals surface area (Å²) in [5.41, 5.74) is 0.461. The van der Waals surface area contributed by atoms with Crippen LogP contribution in [0.4, 0.5) is 4.39 Å². The normalized spacial score (nSPS) is 30.0. The zero-order chi connectivity index (χ0) is 14.3. The first-order chi connectivity index (χ1) is 9.58. The first kappa shape index (κ1) is 13.2. The first-order valence-electron chi connectivity index (χ1n) is 6.09. The molecule has 20 heavy (non-hydrogen) atoms. The molecule has 3 atom stereocenters. The van der Waals surface area contributed by atoms with Crippen LogP contribution in [0.1, 0.15) is 12.6 Å². The molecule has 0 aliphatic carbocycles. The van der Waals surface area contributed by atoms with Crippen molar-refractivity contribution in [1.82, 2.24) is 14.5 Å². The minimum Gasteiger partial charge on any atom is -0.480 e. The number of halogens is 1. The molecular weight excluding hydrogens is 269 g/mol. The van der Waals surface area contributed by atoms with E-state index in [1.807, 2.05) is 0 Å². The lowest BCUT2D eigenvalue weighted by Crippen LogP contribution is -2.27. The second-order valence-corrected chi connectivity index (χ2v) is 4.66. The van der Waals surface area contributed by atoms with Crippen LogP contribution < -0.4 is 4.74 Å². The summed E-state index contributed by atoms with van der Waals surface area (Å²) in [5.74, 6) is -1.85. The lowest BCUT2D eigenvalue weighted by Gasteiger charge is -2.19.